The normalized spacial score (nSPS) is 12.5. The Kier molecular flexibility index (Phi) is 19.5. The molecule has 4 nitrogen and oxygen atoms in total. The summed E-state index contributed by atoms with van der Waals surface area (Å²) in [7, 11) is 0. The first kappa shape index (κ1) is 19.2. The molecule has 106 valence electrons. The second kappa shape index (κ2) is 18.2. The van der Waals surface area contributed by atoms with Crippen LogP contribution in [0.15, 0.2) is 23.8 Å². The zero-order chi connectivity index (χ0) is 14.1. The predicted octanol–water partition coefficient (Wildman–Crippen LogP) is 2.35. The summed E-state index contributed by atoms with van der Waals surface area (Å²) < 4.78 is 0. The van der Waals surface area contributed by atoms with E-state index in [1.807, 2.05) is 13.8 Å². The summed E-state index contributed by atoms with van der Waals surface area (Å²) in [6.45, 7) is 6.04. The van der Waals surface area contributed by atoms with Crippen molar-refractivity contribution in [3.8, 4) is 0 Å². The molecule has 0 heterocycles. The van der Waals surface area contributed by atoms with Crippen molar-refractivity contribution in [2.45, 2.75) is 39.5 Å². The van der Waals surface area contributed by atoms with Gasteiger partial charge in [0.05, 0.1) is 0 Å². The lowest BCUT2D eigenvalue weighted by atomic mass is 10.1. The molecule has 0 saturated heterocycles. The Morgan fingerprint density at radius 3 is 2.50 bits per heavy atom. The average Bonchev–Trinajstić information content (AvgIpc) is 2.43. The molecular weight excluding hydrogens is 230 g/mol. The maximum absolute atomic E-state index is 8.56. The van der Waals surface area contributed by atoms with E-state index in [0.29, 0.717) is 6.61 Å². The van der Waals surface area contributed by atoms with Crippen LogP contribution in [0.3, 0.4) is 0 Å². The summed E-state index contributed by atoms with van der Waals surface area (Å²) in [5, 5.41) is 18.8. The second-order valence-corrected chi connectivity index (χ2v) is 3.47. The van der Waals surface area contributed by atoms with Gasteiger partial charge in [-0.2, -0.15) is 0 Å². The predicted molar refractivity (Wildman–Crippen MR) is 75.7 cm³/mol. The number of carboxylic acid groups (broad SMARTS) is 1. The fourth-order valence-corrected chi connectivity index (χ4v) is 1.39. The molecule has 1 rings (SSSR count). The van der Waals surface area contributed by atoms with Crippen LogP contribution in [0.4, 0.5) is 0 Å². The molecule has 0 atom stereocenters. The molecule has 0 saturated carbocycles. The lowest BCUT2D eigenvalue weighted by molar-refractivity contribution is -0.122. The molecule has 0 spiro atoms. The van der Waals surface area contributed by atoms with Gasteiger partial charge in [-0.3, -0.25) is 4.79 Å². The van der Waals surface area contributed by atoms with Gasteiger partial charge >= 0.3 is 0 Å². The quantitative estimate of drug-likeness (QED) is 0.504. The lowest BCUT2D eigenvalue weighted by Gasteiger charge is -2.07. The minimum Gasteiger partial charge on any atom is -0.483 e. The Morgan fingerprint density at radius 1 is 1.33 bits per heavy atom. The molecule has 0 aliphatic heterocycles. The van der Waals surface area contributed by atoms with Crippen molar-refractivity contribution < 1.29 is 15.0 Å². The van der Waals surface area contributed by atoms with Crippen molar-refractivity contribution in [1.82, 2.24) is 5.32 Å². The van der Waals surface area contributed by atoms with Gasteiger partial charge in [-0.05, 0) is 37.8 Å². The molecule has 0 aromatic heterocycles. The van der Waals surface area contributed by atoms with Gasteiger partial charge in [0.25, 0.3) is 6.47 Å². The van der Waals surface area contributed by atoms with Gasteiger partial charge in [-0.1, -0.05) is 32.1 Å². The third kappa shape index (κ3) is 14.9. The summed E-state index contributed by atoms with van der Waals surface area (Å²) in [6.07, 6.45) is 11.1. The summed E-state index contributed by atoms with van der Waals surface area (Å²) in [5.74, 6) is 0. The molecule has 4 heteroatoms. The van der Waals surface area contributed by atoms with E-state index in [1.54, 1.807) is 0 Å². The van der Waals surface area contributed by atoms with Crippen LogP contribution in [0, 0.1) is 0 Å². The zero-order valence-corrected chi connectivity index (χ0v) is 11.6. The lowest BCUT2D eigenvalue weighted by Crippen LogP contribution is -2.18. The molecule has 1 aliphatic rings. The zero-order valence-electron chi connectivity index (χ0n) is 11.6. The summed E-state index contributed by atoms with van der Waals surface area (Å²) in [6, 6.07) is 0. The van der Waals surface area contributed by atoms with E-state index in [9.17, 15) is 0 Å². The van der Waals surface area contributed by atoms with Crippen molar-refractivity contribution in [2.75, 3.05) is 19.7 Å². The number of unbranched alkanes of at least 4 members (excludes halogenated alkanes) is 1. The van der Waals surface area contributed by atoms with Gasteiger partial charge in [0.15, 0.2) is 0 Å². The van der Waals surface area contributed by atoms with Gasteiger partial charge in [0.2, 0.25) is 0 Å². The molecule has 1 aliphatic carbocycles. The fourth-order valence-electron chi connectivity index (χ4n) is 1.39. The smallest absolute Gasteiger partial charge is 0.290 e. The van der Waals surface area contributed by atoms with E-state index in [0.717, 1.165) is 25.9 Å². The van der Waals surface area contributed by atoms with E-state index in [1.165, 1.54) is 18.4 Å². The number of rotatable bonds is 6. The number of carbonyl (C=O) groups is 1. The van der Waals surface area contributed by atoms with Crippen LogP contribution >= 0.6 is 0 Å². The molecule has 0 aromatic rings. The Hall–Kier alpha value is -1.13. The molecule has 3 N–H and O–H groups in total. The molecule has 0 bridgehead atoms. The third-order valence-corrected chi connectivity index (χ3v) is 2.16. The van der Waals surface area contributed by atoms with E-state index in [4.69, 9.17) is 15.0 Å². The van der Waals surface area contributed by atoms with Gasteiger partial charge in [-0.15, -0.1) is 0 Å². The van der Waals surface area contributed by atoms with E-state index < -0.39 is 0 Å². The van der Waals surface area contributed by atoms with E-state index in [2.05, 4.69) is 23.5 Å². The molecular formula is C14H27NO3. The Balaban J connectivity index is 0. The maximum atomic E-state index is 8.56. The number of nitrogens with one attached hydrogen (secondary N) is 1. The van der Waals surface area contributed by atoms with Gasteiger partial charge in [0, 0.05) is 13.2 Å². The van der Waals surface area contributed by atoms with Crippen molar-refractivity contribution in [3.05, 3.63) is 23.8 Å². The van der Waals surface area contributed by atoms with Crippen LogP contribution in [0.1, 0.15) is 39.5 Å². The molecule has 0 fully saturated rings. The van der Waals surface area contributed by atoms with Crippen LogP contribution in [0.2, 0.25) is 0 Å². The minimum atomic E-state index is -0.250. The van der Waals surface area contributed by atoms with E-state index in [-0.39, 0.29) is 6.47 Å². The molecule has 18 heavy (non-hydrogen) atoms. The van der Waals surface area contributed by atoms with Crippen LogP contribution < -0.4 is 5.32 Å². The summed E-state index contributed by atoms with van der Waals surface area (Å²) in [5.41, 5.74) is 1.40. The second-order valence-electron chi connectivity index (χ2n) is 3.47. The standard InChI is InChI=1S/C11H19NO.C2H6.CH2O2/c13-9-5-4-8-12-10-11-6-2-1-3-7-11;1-2;2-1-3/h2,6-7,12-13H,1,3-5,8-10H2;1-2H3;1H,(H,2,3). The third-order valence-electron chi connectivity index (χ3n) is 2.16. The first-order chi connectivity index (χ1) is 8.85. The highest BCUT2D eigenvalue weighted by Gasteiger charge is 1.95. The number of hydrogen-bond donors (Lipinski definition) is 3. The number of aliphatic hydroxyl groups excluding tert-OH is 1. The SMILES string of the molecule is CC.O=CO.OCCCCNCC1=CCCC=C1. The van der Waals surface area contributed by atoms with Crippen LogP contribution in [0.5, 0.6) is 0 Å². The van der Waals surface area contributed by atoms with Gasteiger partial charge in [-0.25, -0.2) is 0 Å². The first-order valence-corrected chi connectivity index (χ1v) is 6.60. The Bertz CT molecular complexity index is 225. The number of hydrogen-bond acceptors (Lipinski definition) is 3. The summed E-state index contributed by atoms with van der Waals surface area (Å²) in [4.78, 5) is 8.36. The highest BCUT2D eigenvalue weighted by Crippen LogP contribution is 2.07. The van der Waals surface area contributed by atoms with Crippen molar-refractivity contribution in [2.24, 2.45) is 0 Å². The topological polar surface area (TPSA) is 69.6 Å². The van der Waals surface area contributed by atoms with Crippen LogP contribution in [-0.2, 0) is 4.79 Å². The van der Waals surface area contributed by atoms with Gasteiger partial charge in [0.1, 0.15) is 0 Å². The molecule has 0 aromatic carbocycles. The highest BCUT2D eigenvalue weighted by molar-refractivity contribution is 5.32. The van der Waals surface area contributed by atoms with Crippen LogP contribution in [0.25, 0.3) is 0 Å². The minimum absolute atomic E-state index is 0.250. The number of allylic oxidation sites excluding steroid dienone is 2. The fraction of sp³-hybridized carbons (Fsp3) is 0.643. The van der Waals surface area contributed by atoms with E-state index >= 15 is 0 Å². The van der Waals surface area contributed by atoms with Crippen molar-refractivity contribution >= 4 is 6.47 Å². The monoisotopic (exact) mass is 257 g/mol. The molecule has 0 unspecified atom stereocenters. The summed E-state index contributed by atoms with van der Waals surface area (Å²) >= 11 is 0. The van der Waals surface area contributed by atoms with Crippen molar-refractivity contribution in [3.63, 3.8) is 0 Å². The number of aliphatic hydroxyl groups is 1. The molecule has 0 radical (unpaired) electrons. The largest absolute Gasteiger partial charge is 0.483 e. The average molecular weight is 257 g/mol. The first-order valence-electron chi connectivity index (χ1n) is 6.60. The molecule has 0 amide bonds. The van der Waals surface area contributed by atoms with Crippen LogP contribution in [-0.4, -0.2) is 36.4 Å². The highest BCUT2D eigenvalue weighted by atomic mass is 16.3. The van der Waals surface area contributed by atoms with Gasteiger partial charge < -0.3 is 15.5 Å². The Morgan fingerprint density at radius 2 is 2.00 bits per heavy atom. The Labute approximate surface area is 110 Å². The maximum Gasteiger partial charge on any atom is 0.290 e. The van der Waals surface area contributed by atoms with Crippen molar-refractivity contribution in [1.29, 1.82) is 0 Å².